The highest BCUT2D eigenvalue weighted by Gasteiger charge is 2.26. The number of nitrogens with one attached hydrogen (secondary N) is 1. The van der Waals surface area contributed by atoms with E-state index in [1.54, 1.807) is 6.20 Å². The third-order valence-corrected chi connectivity index (χ3v) is 3.85. The first-order chi connectivity index (χ1) is 8.65. The van der Waals surface area contributed by atoms with Crippen LogP contribution in [0.2, 0.25) is 0 Å². The van der Waals surface area contributed by atoms with Gasteiger partial charge in [0.2, 0.25) is 0 Å². The van der Waals surface area contributed by atoms with Gasteiger partial charge in [0.1, 0.15) is 12.1 Å². The molecular weight excluding hydrogens is 314 g/mol. The molecule has 1 N–H and O–H groups in total. The summed E-state index contributed by atoms with van der Waals surface area (Å²) in [6.45, 7) is 2.05. The normalized spacial score (nSPS) is 13.9. The summed E-state index contributed by atoms with van der Waals surface area (Å²) in [5.74, 6) is 1.17. The first-order valence-corrected chi connectivity index (χ1v) is 6.83. The molecule has 0 fully saturated rings. The van der Waals surface area contributed by atoms with E-state index in [1.165, 1.54) is 6.33 Å². The number of halogens is 2. The lowest BCUT2D eigenvalue weighted by Crippen LogP contribution is -2.34. The molecule has 94 valence electrons. The fraction of sp³-hybridized carbons (Fsp3) is 0.231. The zero-order valence-electron chi connectivity index (χ0n) is 9.90. The van der Waals surface area contributed by atoms with Crippen LogP contribution in [0.25, 0.3) is 0 Å². The van der Waals surface area contributed by atoms with Gasteiger partial charge < -0.3 is 5.32 Å². The van der Waals surface area contributed by atoms with Gasteiger partial charge in [-0.15, -0.1) is 11.6 Å². The number of anilines is 1. The summed E-state index contributed by atoms with van der Waals surface area (Å²) in [7, 11) is 0. The molecule has 0 saturated heterocycles. The van der Waals surface area contributed by atoms with Crippen LogP contribution >= 0.6 is 27.5 Å². The molecule has 2 aromatic rings. The maximum Gasteiger partial charge on any atom is 0.144 e. The van der Waals surface area contributed by atoms with Crippen LogP contribution in [0.15, 0.2) is 47.3 Å². The van der Waals surface area contributed by atoms with Crippen molar-refractivity contribution in [2.45, 2.75) is 12.5 Å². The van der Waals surface area contributed by atoms with E-state index in [0.717, 1.165) is 15.9 Å². The Labute approximate surface area is 120 Å². The fourth-order valence-corrected chi connectivity index (χ4v) is 2.20. The van der Waals surface area contributed by atoms with Crippen molar-refractivity contribution in [2.75, 3.05) is 11.2 Å². The minimum atomic E-state index is -0.375. The highest BCUT2D eigenvalue weighted by atomic mass is 79.9. The number of aromatic nitrogens is 2. The van der Waals surface area contributed by atoms with Gasteiger partial charge in [0.25, 0.3) is 0 Å². The second-order valence-corrected chi connectivity index (χ2v) is 5.30. The van der Waals surface area contributed by atoms with Crippen LogP contribution in [0.4, 0.5) is 5.82 Å². The molecule has 0 aliphatic heterocycles. The van der Waals surface area contributed by atoms with Crippen molar-refractivity contribution >= 4 is 33.3 Å². The van der Waals surface area contributed by atoms with Crippen molar-refractivity contribution < 1.29 is 0 Å². The van der Waals surface area contributed by atoms with Gasteiger partial charge in [-0.3, -0.25) is 0 Å². The largest absolute Gasteiger partial charge is 0.359 e. The molecular formula is C13H13BrClN3. The van der Waals surface area contributed by atoms with Gasteiger partial charge in [-0.05, 0) is 28.4 Å². The maximum atomic E-state index is 6.12. The van der Waals surface area contributed by atoms with E-state index in [9.17, 15) is 0 Å². The summed E-state index contributed by atoms with van der Waals surface area (Å²) in [4.78, 5) is 8.15. The van der Waals surface area contributed by atoms with Gasteiger partial charge in [-0.2, -0.15) is 0 Å². The standard InChI is InChI=1S/C13H13BrClN3/c1-13(8-15,10-5-3-2-4-6-10)18-12-11(14)7-16-9-17-12/h2-7,9H,8H2,1H3,(H,16,17,18). The van der Waals surface area contributed by atoms with E-state index in [4.69, 9.17) is 11.6 Å². The lowest BCUT2D eigenvalue weighted by Gasteiger charge is -2.30. The summed E-state index contributed by atoms with van der Waals surface area (Å²) in [5, 5.41) is 3.36. The summed E-state index contributed by atoms with van der Waals surface area (Å²) in [5.41, 5.74) is 0.741. The zero-order chi connectivity index (χ0) is 13.0. The number of benzene rings is 1. The van der Waals surface area contributed by atoms with E-state index >= 15 is 0 Å². The van der Waals surface area contributed by atoms with Crippen LogP contribution < -0.4 is 5.32 Å². The van der Waals surface area contributed by atoms with Crippen LogP contribution in [0.1, 0.15) is 12.5 Å². The minimum Gasteiger partial charge on any atom is -0.359 e. The SMILES string of the molecule is CC(CCl)(Nc1ncncc1Br)c1ccccc1. The van der Waals surface area contributed by atoms with E-state index in [2.05, 4.69) is 31.2 Å². The molecule has 0 amide bonds. The van der Waals surface area contributed by atoms with Crippen LogP contribution in [-0.4, -0.2) is 15.8 Å². The monoisotopic (exact) mass is 325 g/mol. The molecule has 1 atom stereocenters. The van der Waals surface area contributed by atoms with Crippen molar-refractivity contribution in [3.63, 3.8) is 0 Å². The van der Waals surface area contributed by atoms with Crippen LogP contribution in [-0.2, 0) is 5.54 Å². The van der Waals surface area contributed by atoms with Crippen molar-refractivity contribution in [3.05, 3.63) is 52.9 Å². The van der Waals surface area contributed by atoms with E-state index < -0.39 is 0 Å². The van der Waals surface area contributed by atoms with Crippen molar-refractivity contribution in [3.8, 4) is 0 Å². The van der Waals surface area contributed by atoms with Gasteiger partial charge in [0.15, 0.2) is 0 Å². The molecule has 1 heterocycles. The highest BCUT2D eigenvalue weighted by molar-refractivity contribution is 9.10. The fourth-order valence-electron chi connectivity index (χ4n) is 1.65. The molecule has 5 heteroatoms. The Kier molecular flexibility index (Phi) is 4.19. The Morgan fingerprint density at radius 2 is 2.06 bits per heavy atom. The average Bonchev–Trinajstić information content (AvgIpc) is 2.42. The minimum absolute atomic E-state index is 0.375. The van der Waals surface area contributed by atoms with Crippen LogP contribution in [0.3, 0.4) is 0 Å². The molecule has 18 heavy (non-hydrogen) atoms. The number of rotatable bonds is 4. The van der Waals surface area contributed by atoms with Gasteiger partial charge in [0.05, 0.1) is 10.0 Å². The molecule has 0 spiro atoms. The third-order valence-electron chi connectivity index (χ3n) is 2.74. The molecule has 0 aliphatic rings. The number of hydrogen-bond acceptors (Lipinski definition) is 3. The smallest absolute Gasteiger partial charge is 0.144 e. The Balaban J connectivity index is 2.32. The topological polar surface area (TPSA) is 37.8 Å². The number of nitrogens with zero attached hydrogens (tertiary/aromatic N) is 2. The van der Waals surface area contributed by atoms with Gasteiger partial charge >= 0.3 is 0 Å². The Morgan fingerprint density at radius 3 is 2.67 bits per heavy atom. The average molecular weight is 327 g/mol. The first-order valence-electron chi connectivity index (χ1n) is 5.51. The molecule has 1 aromatic heterocycles. The van der Waals surface area contributed by atoms with Crippen molar-refractivity contribution in [2.24, 2.45) is 0 Å². The van der Waals surface area contributed by atoms with E-state index in [-0.39, 0.29) is 5.54 Å². The molecule has 0 radical (unpaired) electrons. The van der Waals surface area contributed by atoms with E-state index in [1.807, 2.05) is 37.3 Å². The lowest BCUT2D eigenvalue weighted by molar-refractivity contribution is 0.612. The Hall–Kier alpha value is -1.13. The summed E-state index contributed by atoms with van der Waals surface area (Å²) in [6, 6.07) is 10.1. The highest BCUT2D eigenvalue weighted by Crippen LogP contribution is 2.29. The third kappa shape index (κ3) is 2.82. The van der Waals surface area contributed by atoms with Gasteiger partial charge in [0, 0.05) is 12.1 Å². The quantitative estimate of drug-likeness (QED) is 0.868. The van der Waals surface area contributed by atoms with Crippen LogP contribution in [0.5, 0.6) is 0 Å². The predicted octanol–water partition coefficient (Wildman–Crippen LogP) is 3.81. The predicted molar refractivity (Wildman–Crippen MR) is 77.9 cm³/mol. The summed E-state index contributed by atoms with van der Waals surface area (Å²) < 4.78 is 0.817. The molecule has 3 nitrogen and oxygen atoms in total. The molecule has 1 aromatic carbocycles. The maximum absolute atomic E-state index is 6.12. The Bertz CT molecular complexity index is 521. The summed E-state index contributed by atoms with van der Waals surface area (Å²) >= 11 is 9.54. The second kappa shape index (κ2) is 5.67. The lowest BCUT2D eigenvalue weighted by atomic mass is 9.94. The van der Waals surface area contributed by atoms with E-state index in [0.29, 0.717) is 5.88 Å². The Morgan fingerprint density at radius 1 is 1.33 bits per heavy atom. The van der Waals surface area contributed by atoms with Gasteiger partial charge in [-0.1, -0.05) is 30.3 Å². The molecule has 1 unspecified atom stereocenters. The second-order valence-electron chi connectivity index (χ2n) is 4.18. The summed E-state index contributed by atoms with van der Waals surface area (Å²) in [6.07, 6.45) is 3.21. The van der Waals surface area contributed by atoms with Crippen LogP contribution in [0, 0.1) is 0 Å². The number of alkyl halides is 1. The van der Waals surface area contributed by atoms with Crippen molar-refractivity contribution in [1.82, 2.24) is 9.97 Å². The zero-order valence-corrected chi connectivity index (χ0v) is 12.2. The molecule has 0 bridgehead atoms. The molecule has 0 aliphatic carbocycles. The van der Waals surface area contributed by atoms with Gasteiger partial charge in [-0.25, -0.2) is 9.97 Å². The number of hydrogen-bond donors (Lipinski definition) is 1. The molecule has 0 saturated carbocycles. The van der Waals surface area contributed by atoms with Crippen molar-refractivity contribution in [1.29, 1.82) is 0 Å². The molecule has 2 rings (SSSR count). The first kappa shape index (κ1) is 13.3.